The molecule has 1 amide bonds. The van der Waals surface area contributed by atoms with Gasteiger partial charge >= 0.3 is 0 Å². The molecule has 27 heavy (non-hydrogen) atoms. The Kier molecular flexibility index (Phi) is 5.69. The van der Waals surface area contributed by atoms with Crippen LogP contribution in [0, 0.1) is 5.41 Å². The van der Waals surface area contributed by atoms with Crippen molar-refractivity contribution in [1.82, 2.24) is 19.3 Å². The summed E-state index contributed by atoms with van der Waals surface area (Å²) in [7, 11) is 1.65. The molecule has 0 spiro atoms. The number of rotatable bonds is 7. The second-order valence-corrected chi connectivity index (χ2v) is 6.72. The normalized spacial score (nSPS) is 11.2. The maximum absolute atomic E-state index is 12.8. The topological polar surface area (TPSA) is 92.2 Å². The van der Waals surface area contributed by atoms with E-state index >= 15 is 0 Å². The number of unbranched alkanes of at least 4 members (excludes halogenated alkanes) is 4. The SMILES string of the molecule is CCCCCCCNC(=O)c1cc2c(=O)n3ccccc3nc2n(C)c1=N. The van der Waals surface area contributed by atoms with Crippen LogP contribution in [0.15, 0.2) is 35.3 Å². The van der Waals surface area contributed by atoms with Gasteiger partial charge in [-0.3, -0.25) is 19.4 Å². The fourth-order valence-electron chi connectivity index (χ4n) is 3.17. The minimum Gasteiger partial charge on any atom is -0.352 e. The summed E-state index contributed by atoms with van der Waals surface area (Å²) in [4.78, 5) is 29.8. The number of fused-ring (bicyclic) bond motifs is 2. The molecule has 7 heteroatoms. The number of nitrogens with zero attached hydrogens (tertiary/aromatic N) is 3. The summed E-state index contributed by atoms with van der Waals surface area (Å²) >= 11 is 0. The lowest BCUT2D eigenvalue weighted by atomic mass is 10.1. The minimum absolute atomic E-state index is 0.0400. The van der Waals surface area contributed by atoms with Crippen LogP contribution in [0.5, 0.6) is 0 Å². The third-order valence-corrected chi connectivity index (χ3v) is 4.76. The van der Waals surface area contributed by atoms with Crippen molar-refractivity contribution in [3.05, 3.63) is 51.9 Å². The lowest BCUT2D eigenvalue weighted by molar-refractivity contribution is 0.0950. The van der Waals surface area contributed by atoms with E-state index in [2.05, 4.69) is 17.2 Å². The van der Waals surface area contributed by atoms with E-state index in [1.54, 1.807) is 31.4 Å². The third kappa shape index (κ3) is 3.77. The summed E-state index contributed by atoms with van der Waals surface area (Å²) in [6, 6.07) is 6.78. The van der Waals surface area contributed by atoms with Crippen LogP contribution in [0.4, 0.5) is 0 Å². The maximum Gasteiger partial charge on any atom is 0.267 e. The van der Waals surface area contributed by atoms with Crippen LogP contribution in [0.25, 0.3) is 16.7 Å². The average molecular weight is 367 g/mol. The van der Waals surface area contributed by atoms with Gasteiger partial charge in [-0.25, -0.2) is 4.98 Å². The average Bonchev–Trinajstić information content (AvgIpc) is 2.68. The molecule has 0 fully saturated rings. The fraction of sp³-hybridized carbons (Fsp3) is 0.400. The van der Waals surface area contributed by atoms with Crippen molar-refractivity contribution in [2.75, 3.05) is 6.54 Å². The highest BCUT2D eigenvalue weighted by Gasteiger charge is 2.15. The molecule has 0 atom stereocenters. The summed E-state index contributed by atoms with van der Waals surface area (Å²) in [5.74, 6) is -0.328. The molecule has 0 saturated carbocycles. The second kappa shape index (κ2) is 8.16. The Bertz CT molecular complexity index is 1100. The monoisotopic (exact) mass is 367 g/mol. The van der Waals surface area contributed by atoms with Crippen LogP contribution in [-0.4, -0.2) is 26.4 Å². The lowest BCUT2D eigenvalue weighted by Crippen LogP contribution is -2.34. The van der Waals surface area contributed by atoms with Crippen molar-refractivity contribution in [1.29, 1.82) is 5.41 Å². The van der Waals surface area contributed by atoms with Gasteiger partial charge in [0.1, 0.15) is 16.8 Å². The van der Waals surface area contributed by atoms with E-state index < -0.39 is 0 Å². The zero-order chi connectivity index (χ0) is 19.4. The number of carbonyl (C=O) groups is 1. The summed E-state index contributed by atoms with van der Waals surface area (Å²) in [6.45, 7) is 2.73. The van der Waals surface area contributed by atoms with E-state index in [0.29, 0.717) is 23.2 Å². The van der Waals surface area contributed by atoms with Crippen LogP contribution in [0.1, 0.15) is 49.4 Å². The Morgan fingerprint density at radius 2 is 2.00 bits per heavy atom. The molecule has 0 saturated heterocycles. The number of hydrogen-bond donors (Lipinski definition) is 2. The molecule has 2 N–H and O–H groups in total. The first-order valence-corrected chi connectivity index (χ1v) is 9.38. The van der Waals surface area contributed by atoms with Crippen molar-refractivity contribution in [2.24, 2.45) is 7.05 Å². The van der Waals surface area contributed by atoms with Gasteiger partial charge in [0.25, 0.3) is 11.5 Å². The van der Waals surface area contributed by atoms with Gasteiger partial charge in [0.05, 0.1) is 10.9 Å². The van der Waals surface area contributed by atoms with Crippen LogP contribution in [0.3, 0.4) is 0 Å². The Morgan fingerprint density at radius 1 is 1.22 bits per heavy atom. The van der Waals surface area contributed by atoms with Gasteiger partial charge in [0.15, 0.2) is 0 Å². The number of hydrogen-bond acceptors (Lipinski definition) is 4. The summed E-state index contributed by atoms with van der Waals surface area (Å²) in [5.41, 5.74) is 0.882. The first kappa shape index (κ1) is 18.8. The Balaban J connectivity index is 1.92. The molecule has 0 aromatic carbocycles. The molecule has 7 nitrogen and oxygen atoms in total. The van der Waals surface area contributed by atoms with Crippen LogP contribution >= 0.6 is 0 Å². The van der Waals surface area contributed by atoms with Gasteiger partial charge in [-0.05, 0) is 24.6 Å². The lowest BCUT2D eigenvalue weighted by Gasteiger charge is -2.11. The van der Waals surface area contributed by atoms with Crippen molar-refractivity contribution in [3.8, 4) is 0 Å². The zero-order valence-electron chi connectivity index (χ0n) is 15.8. The highest BCUT2D eigenvalue weighted by Crippen LogP contribution is 2.09. The van der Waals surface area contributed by atoms with Gasteiger partial charge in [0, 0.05) is 19.8 Å². The van der Waals surface area contributed by atoms with Crippen LogP contribution < -0.4 is 16.4 Å². The van der Waals surface area contributed by atoms with Crippen LogP contribution in [0.2, 0.25) is 0 Å². The predicted molar refractivity (Wildman–Crippen MR) is 105 cm³/mol. The largest absolute Gasteiger partial charge is 0.352 e. The van der Waals surface area contributed by atoms with Crippen molar-refractivity contribution < 1.29 is 4.79 Å². The molecule has 3 heterocycles. The molecule has 142 valence electrons. The van der Waals surface area contributed by atoms with Gasteiger partial charge in [-0.2, -0.15) is 0 Å². The van der Waals surface area contributed by atoms with E-state index in [9.17, 15) is 9.59 Å². The quantitative estimate of drug-likeness (QED) is 0.496. The Morgan fingerprint density at radius 3 is 2.78 bits per heavy atom. The number of aryl methyl sites for hydroxylation is 1. The molecule has 3 rings (SSSR count). The molecule has 0 bridgehead atoms. The smallest absolute Gasteiger partial charge is 0.267 e. The van der Waals surface area contributed by atoms with E-state index in [-0.39, 0.29) is 22.5 Å². The van der Waals surface area contributed by atoms with Crippen molar-refractivity contribution in [2.45, 2.75) is 39.0 Å². The van der Waals surface area contributed by atoms with Gasteiger partial charge in [-0.1, -0.05) is 38.7 Å². The zero-order valence-corrected chi connectivity index (χ0v) is 15.8. The highest BCUT2D eigenvalue weighted by atomic mass is 16.1. The Labute approximate surface area is 157 Å². The fourth-order valence-corrected chi connectivity index (χ4v) is 3.17. The van der Waals surface area contributed by atoms with E-state index in [4.69, 9.17) is 5.41 Å². The first-order chi connectivity index (χ1) is 13.0. The molecule has 0 radical (unpaired) electrons. The molecule has 0 aliphatic carbocycles. The van der Waals surface area contributed by atoms with Gasteiger partial charge in [-0.15, -0.1) is 0 Å². The van der Waals surface area contributed by atoms with Crippen molar-refractivity contribution >= 4 is 22.6 Å². The summed E-state index contributed by atoms with van der Waals surface area (Å²) in [6.07, 6.45) is 7.18. The molecule has 3 aromatic heterocycles. The highest BCUT2D eigenvalue weighted by molar-refractivity contribution is 5.96. The number of pyridine rings is 2. The summed E-state index contributed by atoms with van der Waals surface area (Å²) < 4.78 is 2.93. The molecule has 3 aromatic rings. The molecular weight excluding hydrogens is 342 g/mol. The number of carbonyl (C=O) groups excluding carboxylic acids is 1. The van der Waals surface area contributed by atoms with Gasteiger partial charge < -0.3 is 9.88 Å². The van der Waals surface area contributed by atoms with E-state index in [1.165, 1.54) is 27.9 Å². The summed E-state index contributed by atoms with van der Waals surface area (Å²) in [5, 5.41) is 11.5. The molecule has 0 aliphatic heterocycles. The minimum atomic E-state index is -0.328. The molecular formula is C20H25N5O2. The first-order valence-electron chi connectivity index (χ1n) is 9.38. The Hall–Kier alpha value is -2.96. The second-order valence-electron chi connectivity index (χ2n) is 6.72. The van der Waals surface area contributed by atoms with E-state index in [0.717, 1.165) is 19.3 Å². The molecule has 0 aliphatic rings. The number of nitrogens with one attached hydrogen (secondary N) is 2. The number of amides is 1. The molecule has 0 unspecified atom stereocenters. The third-order valence-electron chi connectivity index (χ3n) is 4.76. The maximum atomic E-state index is 12.8. The van der Waals surface area contributed by atoms with Crippen molar-refractivity contribution in [3.63, 3.8) is 0 Å². The standard InChI is InChI=1S/C20H25N5O2/c1-3-4-5-6-8-11-22-19(26)14-13-15-18(24(2)17(14)21)23-16-10-7-9-12-25(16)20(15)27/h7,9-10,12-13,21H,3-6,8,11H2,1-2H3,(H,22,26). The predicted octanol–water partition coefficient (Wildman–Crippen LogP) is 2.37. The van der Waals surface area contributed by atoms with Crippen LogP contribution in [-0.2, 0) is 7.05 Å². The van der Waals surface area contributed by atoms with E-state index in [1.807, 2.05) is 0 Å². The van der Waals surface area contributed by atoms with Gasteiger partial charge in [0.2, 0.25) is 0 Å². The number of aromatic nitrogens is 3.